The number of anilines is 1. The Hall–Kier alpha value is -1.99. The quantitative estimate of drug-likeness (QED) is 0.639. The number of nitrogens with two attached hydrogens (primary N) is 1. The molecule has 6 nitrogen and oxygen atoms in total. The molecule has 0 saturated carbocycles. The van der Waals surface area contributed by atoms with Gasteiger partial charge in [-0.2, -0.15) is 0 Å². The van der Waals surface area contributed by atoms with Gasteiger partial charge >= 0.3 is 6.03 Å². The van der Waals surface area contributed by atoms with E-state index in [0.29, 0.717) is 13.2 Å². The molecule has 2 aromatic rings. The third kappa shape index (κ3) is 5.26. The zero-order chi connectivity index (χ0) is 20.0. The van der Waals surface area contributed by atoms with Crippen LogP contribution in [0.4, 0.5) is 10.5 Å². The molecule has 0 spiro atoms. The molecule has 0 atom stereocenters. The molecule has 3 amide bonds. The average Bonchev–Trinajstić information content (AvgIpc) is 2.60. The van der Waals surface area contributed by atoms with Gasteiger partial charge in [0.1, 0.15) is 6.61 Å². The van der Waals surface area contributed by atoms with Crippen molar-refractivity contribution in [1.82, 2.24) is 0 Å². The molecular formula is C18H17Cl3N2O4. The van der Waals surface area contributed by atoms with E-state index in [2.05, 4.69) is 0 Å². The van der Waals surface area contributed by atoms with E-state index in [1.165, 1.54) is 24.3 Å². The number of halogens is 3. The Labute approximate surface area is 171 Å². The number of benzene rings is 2. The van der Waals surface area contributed by atoms with E-state index in [9.17, 15) is 9.59 Å². The smallest absolute Gasteiger partial charge is 0.326 e. The van der Waals surface area contributed by atoms with Gasteiger partial charge in [0, 0.05) is 6.61 Å². The van der Waals surface area contributed by atoms with Crippen molar-refractivity contribution in [3.63, 3.8) is 0 Å². The summed E-state index contributed by atoms with van der Waals surface area (Å²) in [6.07, 6.45) is 0. The molecule has 0 aliphatic heterocycles. The van der Waals surface area contributed by atoms with Gasteiger partial charge in [0.2, 0.25) is 0 Å². The average molecular weight is 432 g/mol. The lowest BCUT2D eigenvalue weighted by Crippen LogP contribution is -2.41. The van der Waals surface area contributed by atoms with Gasteiger partial charge in [0.15, 0.2) is 5.75 Å². The molecule has 2 aromatic carbocycles. The first kappa shape index (κ1) is 21.3. The fourth-order valence-corrected chi connectivity index (χ4v) is 3.06. The van der Waals surface area contributed by atoms with Crippen molar-refractivity contribution in [3.8, 4) is 5.75 Å². The molecule has 9 heteroatoms. The number of urea groups is 1. The summed E-state index contributed by atoms with van der Waals surface area (Å²) in [6, 6.07) is 8.02. The lowest BCUT2D eigenvalue weighted by atomic mass is 10.2. The summed E-state index contributed by atoms with van der Waals surface area (Å²) in [4.78, 5) is 25.4. The largest absolute Gasteiger partial charge is 0.488 e. The van der Waals surface area contributed by atoms with Crippen molar-refractivity contribution >= 4 is 52.4 Å². The molecule has 27 heavy (non-hydrogen) atoms. The lowest BCUT2D eigenvalue weighted by molar-refractivity contribution is 0.0995. The van der Waals surface area contributed by atoms with Crippen molar-refractivity contribution in [2.75, 3.05) is 24.7 Å². The van der Waals surface area contributed by atoms with Gasteiger partial charge in [0.05, 0.1) is 32.9 Å². The van der Waals surface area contributed by atoms with E-state index >= 15 is 0 Å². The van der Waals surface area contributed by atoms with Crippen LogP contribution >= 0.6 is 34.8 Å². The second-order valence-corrected chi connectivity index (χ2v) is 6.46. The van der Waals surface area contributed by atoms with Crippen LogP contribution in [0.25, 0.3) is 0 Å². The van der Waals surface area contributed by atoms with Gasteiger partial charge in [-0.25, -0.2) is 9.69 Å². The number of carbonyl (C=O) groups excluding carboxylic acids is 2. The van der Waals surface area contributed by atoms with E-state index < -0.39 is 11.9 Å². The Bertz CT molecular complexity index is 822. The molecular weight excluding hydrogens is 415 g/mol. The highest BCUT2D eigenvalue weighted by molar-refractivity contribution is 6.39. The topological polar surface area (TPSA) is 81.9 Å². The van der Waals surface area contributed by atoms with Crippen molar-refractivity contribution in [2.24, 2.45) is 5.73 Å². The summed E-state index contributed by atoms with van der Waals surface area (Å²) in [7, 11) is 0. The SMILES string of the molecule is CCOCCOc1c(Cl)cc(N(C(N)=O)C(=O)c2ccccc2Cl)cc1Cl. The van der Waals surface area contributed by atoms with Crippen molar-refractivity contribution < 1.29 is 19.1 Å². The highest BCUT2D eigenvalue weighted by Gasteiger charge is 2.26. The number of carbonyl (C=O) groups is 2. The van der Waals surface area contributed by atoms with Gasteiger partial charge < -0.3 is 15.2 Å². The molecule has 0 fully saturated rings. The minimum atomic E-state index is -1.00. The van der Waals surface area contributed by atoms with Gasteiger partial charge in [-0.1, -0.05) is 46.9 Å². The van der Waals surface area contributed by atoms with E-state index in [0.717, 1.165) is 4.90 Å². The number of rotatable bonds is 7. The molecule has 144 valence electrons. The molecule has 0 unspecified atom stereocenters. The molecule has 0 saturated heterocycles. The summed E-state index contributed by atoms with van der Waals surface area (Å²) in [5.74, 6) is -0.485. The van der Waals surface area contributed by atoms with Gasteiger partial charge in [0.25, 0.3) is 5.91 Å². The van der Waals surface area contributed by atoms with E-state index in [1.54, 1.807) is 12.1 Å². The maximum atomic E-state index is 12.8. The van der Waals surface area contributed by atoms with Crippen molar-refractivity contribution in [3.05, 3.63) is 57.0 Å². The number of ether oxygens (including phenoxy) is 2. The van der Waals surface area contributed by atoms with E-state index in [-0.39, 0.29) is 38.7 Å². The van der Waals surface area contributed by atoms with Gasteiger partial charge in [-0.05, 0) is 31.2 Å². The van der Waals surface area contributed by atoms with Crippen LogP contribution in [0.3, 0.4) is 0 Å². The monoisotopic (exact) mass is 430 g/mol. The molecule has 0 radical (unpaired) electrons. The predicted octanol–water partition coefficient (Wildman–Crippen LogP) is 4.79. The molecule has 0 bridgehead atoms. The minimum absolute atomic E-state index is 0.0968. The first-order valence-corrected chi connectivity index (χ1v) is 9.08. The Kier molecular flexibility index (Phi) is 7.74. The third-order valence-corrected chi connectivity index (χ3v) is 4.34. The molecule has 0 heterocycles. The number of nitrogens with zero attached hydrogens (tertiary/aromatic N) is 1. The number of imide groups is 1. The summed E-state index contributed by atoms with van der Waals surface area (Å²) >= 11 is 18.5. The zero-order valence-corrected chi connectivity index (χ0v) is 16.6. The molecule has 2 rings (SSSR count). The normalized spacial score (nSPS) is 10.5. The third-order valence-electron chi connectivity index (χ3n) is 3.45. The van der Waals surface area contributed by atoms with Crippen LogP contribution in [-0.2, 0) is 4.74 Å². The van der Waals surface area contributed by atoms with Crippen LogP contribution in [0, 0.1) is 0 Å². The zero-order valence-electron chi connectivity index (χ0n) is 14.4. The highest BCUT2D eigenvalue weighted by atomic mass is 35.5. The summed E-state index contributed by atoms with van der Waals surface area (Å²) in [6.45, 7) is 3.03. The standard InChI is InChI=1S/C18H17Cl3N2O4/c1-2-26-7-8-27-16-14(20)9-11(10-15(16)21)23(18(22)25)17(24)12-5-3-4-6-13(12)19/h3-6,9-10H,2,7-8H2,1H3,(H2,22,25). The first-order chi connectivity index (χ1) is 12.9. The number of amides is 3. The van der Waals surface area contributed by atoms with Crippen LogP contribution in [0.15, 0.2) is 36.4 Å². The highest BCUT2D eigenvalue weighted by Crippen LogP contribution is 2.37. The molecule has 0 aliphatic rings. The maximum Gasteiger partial charge on any atom is 0.326 e. The lowest BCUT2D eigenvalue weighted by Gasteiger charge is -2.21. The Balaban J connectivity index is 2.34. The second-order valence-electron chi connectivity index (χ2n) is 5.24. The Morgan fingerprint density at radius 1 is 1.04 bits per heavy atom. The van der Waals surface area contributed by atoms with Crippen LogP contribution < -0.4 is 15.4 Å². The Morgan fingerprint density at radius 3 is 2.22 bits per heavy atom. The molecule has 0 aromatic heterocycles. The van der Waals surface area contributed by atoms with E-state index in [1.807, 2.05) is 6.92 Å². The van der Waals surface area contributed by atoms with Crippen LogP contribution in [-0.4, -0.2) is 31.8 Å². The minimum Gasteiger partial charge on any atom is -0.488 e. The Morgan fingerprint density at radius 2 is 1.67 bits per heavy atom. The number of primary amides is 1. The predicted molar refractivity (Wildman–Crippen MR) is 106 cm³/mol. The van der Waals surface area contributed by atoms with Gasteiger partial charge in [-0.15, -0.1) is 0 Å². The molecule has 0 aliphatic carbocycles. The summed E-state index contributed by atoms with van der Waals surface area (Å²) in [5.41, 5.74) is 5.61. The first-order valence-electron chi connectivity index (χ1n) is 7.94. The molecule has 2 N–H and O–H groups in total. The van der Waals surface area contributed by atoms with E-state index in [4.69, 9.17) is 50.0 Å². The summed E-state index contributed by atoms with van der Waals surface area (Å²) in [5, 5.41) is 0.418. The fraction of sp³-hybridized carbons (Fsp3) is 0.222. The van der Waals surface area contributed by atoms with Crippen LogP contribution in [0.1, 0.15) is 17.3 Å². The van der Waals surface area contributed by atoms with Gasteiger partial charge in [-0.3, -0.25) is 4.79 Å². The van der Waals surface area contributed by atoms with Crippen LogP contribution in [0.2, 0.25) is 15.1 Å². The fourth-order valence-electron chi connectivity index (χ4n) is 2.26. The summed E-state index contributed by atoms with van der Waals surface area (Å²) < 4.78 is 10.7. The van der Waals surface area contributed by atoms with Crippen molar-refractivity contribution in [2.45, 2.75) is 6.92 Å². The number of hydrogen-bond acceptors (Lipinski definition) is 4. The van der Waals surface area contributed by atoms with Crippen LogP contribution in [0.5, 0.6) is 5.75 Å². The maximum absolute atomic E-state index is 12.8. The second kappa shape index (κ2) is 9.80. The number of hydrogen-bond donors (Lipinski definition) is 1. The van der Waals surface area contributed by atoms with Crippen molar-refractivity contribution in [1.29, 1.82) is 0 Å².